The summed E-state index contributed by atoms with van der Waals surface area (Å²) in [5.41, 5.74) is -0.145. The Morgan fingerprint density at radius 3 is 2.61 bits per heavy atom. The van der Waals surface area contributed by atoms with Gasteiger partial charge < -0.3 is 4.74 Å². The second-order valence-corrected chi connectivity index (χ2v) is 6.22. The fraction of sp³-hybridized carbons (Fsp3) is 0.308. The molecule has 2 aromatic heterocycles. The fourth-order valence-corrected chi connectivity index (χ4v) is 3.30. The van der Waals surface area contributed by atoms with Gasteiger partial charge in [-0.3, -0.25) is 10.1 Å². The third kappa shape index (κ3) is 3.88. The average molecular weight is 364 g/mol. The highest BCUT2D eigenvalue weighted by molar-refractivity contribution is 7.16. The smallest absolute Gasteiger partial charge is 0.428 e. The number of anilines is 1. The lowest BCUT2D eigenvalue weighted by molar-refractivity contribution is -0.135. The summed E-state index contributed by atoms with van der Waals surface area (Å²) in [6.07, 6.45) is -4.76. The van der Waals surface area contributed by atoms with Crippen molar-refractivity contribution in [2.45, 2.75) is 20.0 Å². The van der Waals surface area contributed by atoms with E-state index in [0.717, 1.165) is 11.3 Å². The lowest BCUT2D eigenvalue weighted by Crippen LogP contribution is -2.14. The van der Waals surface area contributed by atoms with Crippen molar-refractivity contribution in [1.29, 1.82) is 0 Å². The molecule has 1 amide bonds. The molecular formula is C13H11F3N2O3S2. The van der Waals surface area contributed by atoms with Gasteiger partial charge >= 0.3 is 12.1 Å². The first-order valence-electron chi connectivity index (χ1n) is 6.34. The molecule has 0 unspecified atom stereocenters. The van der Waals surface area contributed by atoms with Crippen LogP contribution in [0.15, 0.2) is 11.4 Å². The number of esters is 1. The van der Waals surface area contributed by atoms with Crippen LogP contribution in [0.1, 0.15) is 37.5 Å². The van der Waals surface area contributed by atoms with Crippen molar-refractivity contribution in [3.05, 3.63) is 32.5 Å². The Labute approximate surface area is 137 Å². The molecule has 0 aliphatic rings. The van der Waals surface area contributed by atoms with Gasteiger partial charge in [-0.2, -0.15) is 13.2 Å². The molecule has 2 aromatic rings. The van der Waals surface area contributed by atoms with E-state index in [1.165, 1.54) is 6.92 Å². The topological polar surface area (TPSA) is 68.3 Å². The van der Waals surface area contributed by atoms with Crippen LogP contribution in [0.2, 0.25) is 0 Å². The summed E-state index contributed by atoms with van der Waals surface area (Å²) < 4.78 is 43.5. The molecule has 0 atom stereocenters. The van der Waals surface area contributed by atoms with Crippen molar-refractivity contribution in [2.75, 3.05) is 11.9 Å². The number of hydrogen-bond acceptors (Lipinski definition) is 6. The fourth-order valence-electron chi connectivity index (χ4n) is 1.66. The minimum atomic E-state index is -4.76. The number of halogens is 3. The minimum Gasteiger partial charge on any atom is -0.461 e. The summed E-state index contributed by atoms with van der Waals surface area (Å²) >= 11 is 1.35. The van der Waals surface area contributed by atoms with Crippen molar-refractivity contribution < 1.29 is 27.5 Å². The molecule has 0 radical (unpaired) electrons. The zero-order chi connectivity index (χ0) is 17.2. The van der Waals surface area contributed by atoms with Crippen LogP contribution in [0.25, 0.3) is 0 Å². The Bertz CT molecular complexity index is 737. The van der Waals surface area contributed by atoms with Gasteiger partial charge in [-0.15, -0.1) is 11.3 Å². The molecule has 0 bridgehead atoms. The number of hydrogen-bond donors (Lipinski definition) is 1. The number of carbonyl (C=O) groups excluding carboxylic acids is 2. The van der Waals surface area contributed by atoms with Crippen molar-refractivity contribution in [3.63, 3.8) is 0 Å². The molecule has 0 saturated carbocycles. The summed E-state index contributed by atoms with van der Waals surface area (Å²) in [5, 5.41) is 3.67. The zero-order valence-electron chi connectivity index (χ0n) is 12.0. The van der Waals surface area contributed by atoms with E-state index in [1.54, 1.807) is 18.4 Å². The van der Waals surface area contributed by atoms with Crippen molar-refractivity contribution in [2.24, 2.45) is 0 Å². The SMILES string of the molecule is CCOC(=O)c1nc(NC(=O)c2sccc2C)sc1C(F)(F)F. The number of thiophene rings is 1. The van der Waals surface area contributed by atoms with Gasteiger partial charge in [0.2, 0.25) is 0 Å². The quantitative estimate of drug-likeness (QED) is 0.834. The van der Waals surface area contributed by atoms with Gasteiger partial charge in [0, 0.05) is 0 Å². The summed E-state index contributed by atoms with van der Waals surface area (Å²) in [5.74, 6) is -1.75. The van der Waals surface area contributed by atoms with Crippen LogP contribution < -0.4 is 5.32 Å². The van der Waals surface area contributed by atoms with E-state index in [1.807, 2.05) is 0 Å². The van der Waals surface area contributed by atoms with Crippen molar-refractivity contribution >= 4 is 39.7 Å². The number of carbonyl (C=O) groups is 2. The Morgan fingerprint density at radius 2 is 2.09 bits per heavy atom. The molecule has 23 heavy (non-hydrogen) atoms. The van der Waals surface area contributed by atoms with Gasteiger partial charge in [0.15, 0.2) is 10.8 Å². The Morgan fingerprint density at radius 1 is 1.39 bits per heavy atom. The number of alkyl halides is 3. The van der Waals surface area contributed by atoms with E-state index in [9.17, 15) is 22.8 Å². The summed E-state index contributed by atoms with van der Waals surface area (Å²) in [6, 6.07) is 1.71. The largest absolute Gasteiger partial charge is 0.461 e. The predicted octanol–water partition coefficient (Wildman–Crippen LogP) is 3.96. The first-order chi connectivity index (χ1) is 10.7. The summed E-state index contributed by atoms with van der Waals surface area (Å²) in [4.78, 5) is 26.4. The molecule has 2 heterocycles. The average Bonchev–Trinajstić information content (AvgIpc) is 3.04. The number of nitrogens with zero attached hydrogens (tertiary/aromatic N) is 1. The van der Waals surface area contributed by atoms with Crippen LogP contribution in [-0.4, -0.2) is 23.5 Å². The van der Waals surface area contributed by atoms with Crippen LogP contribution in [-0.2, 0) is 10.9 Å². The second kappa shape index (κ2) is 6.67. The van der Waals surface area contributed by atoms with E-state index in [0.29, 0.717) is 10.4 Å². The molecule has 124 valence electrons. The second-order valence-electron chi connectivity index (χ2n) is 4.30. The first kappa shape index (κ1) is 17.4. The maximum atomic E-state index is 13.0. The lowest BCUT2D eigenvalue weighted by Gasteiger charge is -2.04. The number of aromatic nitrogens is 1. The number of thiazole rings is 1. The van der Waals surface area contributed by atoms with Crippen molar-refractivity contribution in [1.82, 2.24) is 4.98 Å². The standard InChI is InChI=1S/C13H11F3N2O3S2/c1-3-21-11(20)7-9(13(14,15)16)23-12(17-7)18-10(19)8-6(2)4-5-22-8/h4-5H,3H2,1-2H3,(H,17,18,19). The lowest BCUT2D eigenvalue weighted by atomic mass is 10.3. The summed E-state index contributed by atoms with van der Waals surface area (Å²) in [6.45, 7) is 3.10. The molecule has 2 rings (SSSR count). The molecule has 0 aliphatic heterocycles. The number of amides is 1. The van der Waals surface area contributed by atoms with Crippen LogP contribution in [0.4, 0.5) is 18.3 Å². The molecular weight excluding hydrogens is 353 g/mol. The normalized spacial score (nSPS) is 11.3. The highest BCUT2D eigenvalue weighted by atomic mass is 32.1. The highest BCUT2D eigenvalue weighted by Gasteiger charge is 2.40. The molecule has 0 spiro atoms. The van der Waals surface area contributed by atoms with Crippen LogP contribution >= 0.6 is 22.7 Å². The molecule has 0 fully saturated rings. The Balaban J connectivity index is 2.32. The van der Waals surface area contributed by atoms with E-state index in [2.05, 4.69) is 15.0 Å². The van der Waals surface area contributed by atoms with E-state index in [-0.39, 0.29) is 23.1 Å². The molecule has 10 heteroatoms. The van der Waals surface area contributed by atoms with Gasteiger partial charge in [0.1, 0.15) is 4.88 Å². The van der Waals surface area contributed by atoms with Gasteiger partial charge in [0.25, 0.3) is 5.91 Å². The van der Waals surface area contributed by atoms with Crippen LogP contribution in [0, 0.1) is 6.92 Å². The summed E-state index contributed by atoms with van der Waals surface area (Å²) in [7, 11) is 0. The molecule has 0 aliphatic carbocycles. The van der Waals surface area contributed by atoms with Crippen LogP contribution in [0.3, 0.4) is 0 Å². The van der Waals surface area contributed by atoms with Crippen LogP contribution in [0.5, 0.6) is 0 Å². The maximum Gasteiger partial charge on any atom is 0.428 e. The zero-order valence-corrected chi connectivity index (χ0v) is 13.6. The molecule has 1 N–H and O–H groups in total. The number of aryl methyl sites for hydroxylation is 1. The minimum absolute atomic E-state index is 0.0796. The van der Waals surface area contributed by atoms with Gasteiger partial charge in [-0.25, -0.2) is 9.78 Å². The van der Waals surface area contributed by atoms with E-state index < -0.39 is 28.6 Å². The van der Waals surface area contributed by atoms with E-state index in [4.69, 9.17) is 0 Å². The maximum absolute atomic E-state index is 13.0. The third-order valence-electron chi connectivity index (χ3n) is 2.64. The first-order valence-corrected chi connectivity index (χ1v) is 8.04. The van der Waals surface area contributed by atoms with Gasteiger partial charge in [-0.05, 0) is 30.9 Å². The number of ether oxygens (including phenoxy) is 1. The number of nitrogens with one attached hydrogen (secondary N) is 1. The van der Waals surface area contributed by atoms with Gasteiger partial charge in [-0.1, -0.05) is 11.3 Å². The monoisotopic (exact) mass is 364 g/mol. The highest BCUT2D eigenvalue weighted by Crippen LogP contribution is 2.38. The Kier molecular flexibility index (Phi) is 5.05. The molecule has 0 aromatic carbocycles. The Hall–Kier alpha value is -1.94. The van der Waals surface area contributed by atoms with Crippen molar-refractivity contribution in [3.8, 4) is 0 Å². The van der Waals surface area contributed by atoms with Gasteiger partial charge in [0.05, 0.1) is 11.5 Å². The molecule has 5 nitrogen and oxygen atoms in total. The molecule has 0 saturated heterocycles. The predicted molar refractivity (Wildman–Crippen MR) is 80.1 cm³/mol. The number of rotatable bonds is 4. The third-order valence-corrected chi connectivity index (χ3v) is 4.67. The van der Waals surface area contributed by atoms with E-state index >= 15 is 0 Å².